The Kier molecular flexibility index (Phi) is 5.54. The number of nitrogens with zero attached hydrogens (tertiary/aromatic N) is 2. The van der Waals surface area contributed by atoms with Crippen molar-refractivity contribution in [2.24, 2.45) is 0 Å². The number of anilines is 1. The smallest absolute Gasteiger partial charge is 0.335 e. The van der Waals surface area contributed by atoms with Gasteiger partial charge >= 0.3 is 6.03 Å². The molecule has 0 aliphatic carbocycles. The summed E-state index contributed by atoms with van der Waals surface area (Å²) in [5.74, 6) is -1.33. The van der Waals surface area contributed by atoms with Gasteiger partial charge in [0.15, 0.2) is 0 Å². The molecular weight excluding hydrogens is 390 g/mol. The third-order valence-corrected chi connectivity index (χ3v) is 5.30. The maximum Gasteiger partial charge on any atom is 0.335 e. The molecule has 4 amide bonds. The summed E-state index contributed by atoms with van der Waals surface area (Å²) in [6, 6.07) is 18.3. The maximum absolute atomic E-state index is 13.1. The highest BCUT2D eigenvalue weighted by molar-refractivity contribution is 6.39. The molecule has 1 aliphatic heterocycles. The summed E-state index contributed by atoms with van der Waals surface area (Å²) in [4.78, 5) is 39.0. The number of hydrogen-bond donors (Lipinski definition) is 1. The minimum atomic E-state index is -0.744. The van der Waals surface area contributed by atoms with Crippen molar-refractivity contribution in [3.63, 3.8) is 0 Å². The van der Waals surface area contributed by atoms with E-state index in [1.165, 1.54) is 6.08 Å². The van der Waals surface area contributed by atoms with E-state index in [1.807, 2.05) is 67.1 Å². The predicted octanol–water partition coefficient (Wildman–Crippen LogP) is 4.07. The van der Waals surface area contributed by atoms with Crippen LogP contribution in [0, 0.1) is 6.92 Å². The van der Waals surface area contributed by atoms with Gasteiger partial charge in [-0.2, -0.15) is 0 Å². The molecule has 1 fully saturated rings. The van der Waals surface area contributed by atoms with Gasteiger partial charge in [-0.15, -0.1) is 0 Å². The van der Waals surface area contributed by atoms with Gasteiger partial charge in [0.1, 0.15) is 5.57 Å². The number of barbiturate groups is 1. The van der Waals surface area contributed by atoms with Gasteiger partial charge in [0, 0.05) is 18.4 Å². The first-order chi connectivity index (χ1) is 15.0. The molecule has 6 nitrogen and oxygen atoms in total. The molecule has 31 heavy (non-hydrogen) atoms. The average Bonchev–Trinajstić information content (AvgIpc) is 3.18. The monoisotopic (exact) mass is 413 g/mol. The third kappa shape index (κ3) is 4.19. The zero-order valence-electron chi connectivity index (χ0n) is 17.5. The zero-order valence-corrected chi connectivity index (χ0v) is 17.5. The van der Waals surface area contributed by atoms with Crippen molar-refractivity contribution in [3.8, 4) is 0 Å². The fraction of sp³-hybridized carbons (Fsp3) is 0.160. The van der Waals surface area contributed by atoms with Crippen molar-refractivity contribution in [2.75, 3.05) is 4.90 Å². The van der Waals surface area contributed by atoms with Crippen LogP contribution in [0.1, 0.15) is 29.3 Å². The molecule has 0 radical (unpaired) electrons. The molecule has 3 aromatic rings. The topological polar surface area (TPSA) is 71.4 Å². The molecule has 1 N–H and O–H groups in total. The van der Waals surface area contributed by atoms with E-state index in [0.717, 1.165) is 28.0 Å². The van der Waals surface area contributed by atoms with Gasteiger partial charge in [0.25, 0.3) is 11.8 Å². The molecule has 2 aromatic carbocycles. The van der Waals surface area contributed by atoms with Crippen molar-refractivity contribution in [2.45, 2.75) is 26.8 Å². The second kappa shape index (κ2) is 8.44. The highest BCUT2D eigenvalue weighted by atomic mass is 16.2. The van der Waals surface area contributed by atoms with Crippen LogP contribution in [-0.2, 0) is 22.6 Å². The number of nitrogens with one attached hydrogen (secondary N) is 1. The minimum Gasteiger partial charge on any atom is -0.344 e. The predicted molar refractivity (Wildman–Crippen MR) is 120 cm³/mol. The van der Waals surface area contributed by atoms with Crippen molar-refractivity contribution in [1.29, 1.82) is 0 Å². The Morgan fingerprint density at radius 2 is 1.71 bits per heavy atom. The Hall–Kier alpha value is -3.93. The van der Waals surface area contributed by atoms with Gasteiger partial charge in [-0.25, -0.2) is 9.69 Å². The first-order valence-electron chi connectivity index (χ1n) is 10.2. The number of urea groups is 1. The highest BCUT2D eigenvalue weighted by Crippen LogP contribution is 2.23. The Labute approximate surface area is 180 Å². The standard InChI is InChI=1S/C25H23N3O3/c1-3-18-9-11-20(12-10-18)28-24(30)22(23(29)26-25(28)31)15-21-8-5-13-27(21)16-19-7-4-6-17(2)14-19/h4-15H,3,16H2,1-2H3,(H,26,29,31). The molecule has 156 valence electrons. The quantitative estimate of drug-likeness (QED) is 0.506. The number of aromatic nitrogens is 1. The summed E-state index contributed by atoms with van der Waals surface area (Å²) in [6.07, 6.45) is 4.28. The lowest BCUT2D eigenvalue weighted by Gasteiger charge is -2.26. The van der Waals surface area contributed by atoms with Crippen LogP contribution in [0.5, 0.6) is 0 Å². The SMILES string of the molecule is CCc1ccc(N2C(=O)NC(=O)C(=Cc3cccn3Cc3cccc(C)c3)C2=O)cc1. The number of carbonyl (C=O) groups excluding carboxylic acids is 3. The van der Waals surface area contributed by atoms with E-state index in [2.05, 4.69) is 11.4 Å². The molecule has 4 rings (SSSR count). The number of benzene rings is 2. The van der Waals surface area contributed by atoms with Gasteiger partial charge in [0.2, 0.25) is 0 Å². The Balaban J connectivity index is 1.65. The lowest BCUT2D eigenvalue weighted by Crippen LogP contribution is -2.54. The molecule has 0 unspecified atom stereocenters. The second-order valence-electron chi connectivity index (χ2n) is 7.53. The summed E-state index contributed by atoms with van der Waals surface area (Å²) in [6.45, 7) is 4.66. The zero-order chi connectivity index (χ0) is 22.0. The number of amides is 4. The molecule has 2 heterocycles. The van der Waals surface area contributed by atoms with Crippen molar-refractivity contribution in [3.05, 3.63) is 94.8 Å². The summed E-state index contributed by atoms with van der Waals surface area (Å²) < 4.78 is 1.96. The molecule has 6 heteroatoms. The summed E-state index contributed by atoms with van der Waals surface area (Å²) in [5, 5.41) is 2.28. The van der Waals surface area contributed by atoms with Crippen LogP contribution in [0.4, 0.5) is 10.5 Å². The third-order valence-electron chi connectivity index (χ3n) is 5.30. The van der Waals surface area contributed by atoms with Gasteiger partial charge in [-0.05, 0) is 54.8 Å². The van der Waals surface area contributed by atoms with Crippen LogP contribution >= 0.6 is 0 Å². The summed E-state index contributed by atoms with van der Waals surface area (Å²) in [5.41, 5.74) is 4.42. The fourth-order valence-corrected chi connectivity index (χ4v) is 3.63. The van der Waals surface area contributed by atoms with Crippen LogP contribution in [0.25, 0.3) is 6.08 Å². The molecule has 1 aliphatic rings. The van der Waals surface area contributed by atoms with Crippen LogP contribution in [0.2, 0.25) is 0 Å². The van der Waals surface area contributed by atoms with E-state index in [0.29, 0.717) is 17.9 Å². The largest absolute Gasteiger partial charge is 0.344 e. The van der Waals surface area contributed by atoms with E-state index >= 15 is 0 Å². The maximum atomic E-state index is 13.1. The number of hydrogen-bond acceptors (Lipinski definition) is 3. The number of carbonyl (C=O) groups is 3. The van der Waals surface area contributed by atoms with Gasteiger partial charge in [-0.1, -0.05) is 48.9 Å². The van der Waals surface area contributed by atoms with Crippen molar-refractivity contribution >= 4 is 29.6 Å². The second-order valence-corrected chi connectivity index (χ2v) is 7.53. The van der Waals surface area contributed by atoms with Gasteiger partial charge in [0.05, 0.1) is 5.69 Å². The Bertz CT molecular complexity index is 1190. The lowest BCUT2D eigenvalue weighted by atomic mass is 10.1. The minimum absolute atomic E-state index is 0.0802. The van der Waals surface area contributed by atoms with Crippen LogP contribution < -0.4 is 10.2 Å². The molecule has 0 spiro atoms. The van der Waals surface area contributed by atoms with E-state index in [9.17, 15) is 14.4 Å². The Morgan fingerprint density at radius 3 is 2.42 bits per heavy atom. The van der Waals surface area contributed by atoms with Gasteiger partial charge < -0.3 is 4.57 Å². The van der Waals surface area contributed by atoms with Crippen molar-refractivity contribution < 1.29 is 14.4 Å². The van der Waals surface area contributed by atoms with E-state index in [-0.39, 0.29) is 5.57 Å². The molecule has 1 aromatic heterocycles. The van der Waals surface area contributed by atoms with Crippen LogP contribution in [0.15, 0.2) is 72.4 Å². The first kappa shape index (κ1) is 20.3. The van der Waals surface area contributed by atoms with E-state index in [1.54, 1.807) is 12.1 Å². The first-order valence-corrected chi connectivity index (χ1v) is 10.2. The summed E-state index contributed by atoms with van der Waals surface area (Å²) in [7, 11) is 0. The van der Waals surface area contributed by atoms with E-state index < -0.39 is 17.8 Å². The molecule has 0 saturated carbocycles. The molecular formula is C25H23N3O3. The Morgan fingerprint density at radius 1 is 0.935 bits per heavy atom. The summed E-state index contributed by atoms with van der Waals surface area (Å²) >= 11 is 0. The number of aryl methyl sites for hydroxylation is 2. The van der Waals surface area contributed by atoms with Crippen molar-refractivity contribution in [1.82, 2.24) is 9.88 Å². The normalized spacial score (nSPS) is 15.5. The molecule has 1 saturated heterocycles. The highest BCUT2D eigenvalue weighted by Gasteiger charge is 2.36. The molecule has 0 atom stereocenters. The fourth-order valence-electron chi connectivity index (χ4n) is 3.63. The lowest BCUT2D eigenvalue weighted by molar-refractivity contribution is -0.122. The number of imide groups is 2. The average molecular weight is 413 g/mol. The van der Waals surface area contributed by atoms with Crippen LogP contribution in [-0.4, -0.2) is 22.4 Å². The van der Waals surface area contributed by atoms with E-state index in [4.69, 9.17) is 0 Å². The van der Waals surface area contributed by atoms with Gasteiger partial charge in [-0.3, -0.25) is 14.9 Å². The number of rotatable bonds is 5. The molecule has 0 bridgehead atoms. The van der Waals surface area contributed by atoms with Crippen LogP contribution in [0.3, 0.4) is 0 Å².